The van der Waals surface area contributed by atoms with Crippen molar-refractivity contribution in [2.45, 2.75) is 50.9 Å². The molecular weight excluding hydrogens is 463 g/mol. The normalized spacial score (nSPS) is 15.1. The Morgan fingerprint density at radius 3 is 2.46 bits per heavy atom. The number of aromatic nitrogens is 4. The van der Waals surface area contributed by atoms with Crippen molar-refractivity contribution in [2.24, 2.45) is 5.92 Å². The predicted octanol–water partition coefficient (Wildman–Crippen LogP) is 4.81. The van der Waals surface area contributed by atoms with Crippen LogP contribution >= 0.6 is 0 Å². The van der Waals surface area contributed by atoms with E-state index in [1.807, 2.05) is 30.3 Å². The van der Waals surface area contributed by atoms with Crippen LogP contribution in [0.1, 0.15) is 59.9 Å². The van der Waals surface area contributed by atoms with Crippen molar-refractivity contribution in [3.63, 3.8) is 0 Å². The van der Waals surface area contributed by atoms with Gasteiger partial charge in [-0.05, 0) is 17.9 Å². The van der Waals surface area contributed by atoms with E-state index in [-0.39, 0.29) is 24.0 Å². The number of ether oxygens (including phenoxy) is 1. The molecular formula is C24H24F3N5O3. The van der Waals surface area contributed by atoms with Gasteiger partial charge in [0.2, 0.25) is 5.91 Å². The molecule has 1 aliphatic carbocycles. The number of imidazole rings is 1. The van der Waals surface area contributed by atoms with Gasteiger partial charge in [-0.15, -0.1) is 0 Å². The number of alkyl halides is 3. The molecule has 0 aliphatic heterocycles. The van der Waals surface area contributed by atoms with E-state index in [9.17, 15) is 22.8 Å². The number of carbonyl (C=O) groups excluding carboxylic acids is 2. The fourth-order valence-electron chi connectivity index (χ4n) is 4.08. The second-order valence-electron chi connectivity index (χ2n) is 8.44. The first-order chi connectivity index (χ1) is 16.8. The molecule has 1 fully saturated rings. The highest BCUT2D eigenvalue weighted by Crippen LogP contribution is 2.34. The fraction of sp³-hybridized carbons (Fsp3) is 0.375. The van der Waals surface area contributed by atoms with Crippen molar-refractivity contribution in [2.75, 3.05) is 5.32 Å². The molecule has 1 atom stereocenters. The average molecular weight is 487 g/mol. The van der Waals surface area contributed by atoms with Gasteiger partial charge in [0.25, 0.3) is 0 Å². The molecule has 1 aliphatic rings. The minimum atomic E-state index is -4.60. The summed E-state index contributed by atoms with van der Waals surface area (Å²) in [6.45, 7) is 0.0769. The molecule has 2 aromatic heterocycles. The number of esters is 1. The Morgan fingerprint density at radius 1 is 1.09 bits per heavy atom. The molecule has 1 amide bonds. The molecule has 0 saturated heterocycles. The number of nitrogens with zero attached hydrogens (tertiary/aromatic N) is 4. The van der Waals surface area contributed by atoms with Crippen molar-refractivity contribution in [3.05, 3.63) is 72.2 Å². The lowest BCUT2D eigenvalue weighted by Gasteiger charge is -2.21. The third-order valence-corrected chi connectivity index (χ3v) is 5.91. The Labute approximate surface area is 199 Å². The minimum Gasteiger partial charge on any atom is -0.456 e. The van der Waals surface area contributed by atoms with E-state index in [0.29, 0.717) is 6.42 Å². The fourth-order valence-corrected chi connectivity index (χ4v) is 4.08. The Balaban J connectivity index is 1.42. The number of nitrogens with one attached hydrogen (secondary N) is 1. The summed E-state index contributed by atoms with van der Waals surface area (Å²) in [5.41, 5.74) is -0.273. The molecule has 1 N–H and O–H groups in total. The highest BCUT2D eigenvalue weighted by atomic mass is 19.4. The van der Waals surface area contributed by atoms with Gasteiger partial charge in [0, 0.05) is 6.20 Å². The van der Waals surface area contributed by atoms with Crippen molar-refractivity contribution in [3.8, 4) is 0 Å². The Bertz CT molecular complexity index is 1140. The quantitative estimate of drug-likeness (QED) is 0.458. The number of halogens is 3. The maximum atomic E-state index is 13.0. The first kappa shape index (κ1) is 24.4. The predicted molar refractivity (Wildman–Crippen MR) is 119 cm³/mol. The zero-order valence-electron chi connectivity index (χ0n) is 18.7. The minimum absolute atomic E-state index is 0.0362. The number of hydrogen-bond donors (Lipinski definition) is 1. The van der Waals surface area contributed by atoms with E-state index < -0.39 is 29.8 Å². The molecule has 1 saturated carbocycles. The second kappa shape index (κ2) is 10.7. The maximum Gasteiger partial charge on any atom is 0.434 e. The third kappa shape index (κ3) is 6.43. The molecule has 3 aromatic rings. The van der Waals surface area contributed by atoms with E-state index in [1.54, 1.807) is 0 Å². The van der Waals surface area contributed by atoms with E-state index in [4.69, 9.17) is 4.74 Å². The zero-order chi connectivity index (χ0) is 24.8. The van der Waals surface area contributed by atoms with E-state index in [0.717, 1.165) is 43.8 Å². The Hall–Kier alpha value is -3.76. The highest BCUT2D eigenvalue weighted by Gasteiger charge is 2.35. The van der Waals surface area contributed by atoms with Gasteiger partial charge in [0.15, 0.2) is 17.2 Å². The second-order valence-corrected chi connectivity index (χ2v) is 8.44. The van der Waals surface area contributed by atoms with Crippen LogP contribution in [0.15, 0.2) is 55.2 Å². The Morgan fingerprint density at radius 2 is 1.83 bits per heavy atom. The van der Waals surface area contributed by atoms with Gasteiger partial charge in [0.05, 0.1) is 18.7 Å². The molecule has 35 heavy (non-hydrogen) atoms. The third-order valence-electron chi connectivity index (χ3n) is 5.91. The summed E-state index contributed by atoms with van der Waals surface area (Å²) in [7, 11) is 0. The Kier molecular flexibility index (Phi) is 7.42. The largest absolute Gasteiger partial charge is 0.456 e. The topological polar surface area (TPSA) is 99.0 Å². The monoisotopic (exact) mass is 487 g/mol. The first-order valence-electron chi connectivity index (χ1n) is 11.2. The number of benzene rings is 1. The van der Waals surface area contributed by atoms with Crippen LogP contribution in [-0.2, 0) is 22.3 Å². The van der Waals surface area contributed by atoms with Crippen molar-refractivity contribution >= 4 is 17.7 Å². The molecule has 8 nitrogen and oxygen atoms in total. The van der Waals surface area contributed by atoms with Gasteiger partial charge in [-0.25, -0.2) is 19.7 Å². The molecule has 0 radical (unpaired) electrons. The van der Waals surface area contributed by atoms with Crippen LogP contribution in [0.25, 0.3) is 0 Å². The summed E-state index contributed by atoms with van der Waals surface area (Å²) in [6, 6.07) is 8.25. The molecule has 0 spiro atoms. The van der Waals surface area contributed by atoms with Crippen LogP contribution < -0.4 is 5.32 Å². The lowest BCUT2D eigenvalue weighted by molar-refractivity contribution is -0.141. The van der Waals surface area contributed by atoms with E-state index in [2.05, 4.69) is 20.3 Å². The number of anilines is 1. The summed E-state index contributed by atoms with van der Waals surface area (Å²) in [5, 5.41) is 2.59. The van der Waals surface area contributed by atoms with E-state index in [1.165, 1.54) is 17.0 Å². The summed E-state index contributed by atoms with van der Waals surface area (Å²) < 4.78 is 45.5. The lowest BCUT2D eigenvalue weighted by atomic mass is 9.97. The molecule has 0 unspecified atom stereocenters. The summed E-state index contributed by atoms with van der Waals surface area (Å²) in [6.07, 6.45) is 3.94. The number of amides is 1. The van der Waals surface area contributed by atoms with Crippen LogP contribution in [0, 0.1) is 5.92 Å². The van der Waals surface area contributed by atoms with Crippen LogP contribution in [0.5, 0.6) is 0 Å². The van der Waals surface area contributed by atoms with Crippen LogP contribution in [0.2, 0.25) is 0 Å². The lowest BCUT2D eigenvalue weighted by Crippen LogP contribution is -2.27. The van der Waals surface area contributed by atoms with Crippen molar-refractivity contribution < 1.29 is 27.5 Å². The van der Waals surface area contributed by atoms with Gasteiger partial charge < -0.3 is 14.6 Å². The van der Waals surface area contributed by atoms with Gasteiger partial charge in [0.1, 0.15) is 12.6 Å². The van der Waals surface area contributed by atoms with Crippen molar-refractivity contribution in [1.29, 1.82) is 0 Å². The van der Waals surface area contributed by atoms with Crippen LogP contribution in [0.3, 0.4) is 0 Å². The van der Waals surface area contributed by atoms with Gasteiger partial charge >= 0.3 is 12.1 Å². The highest BCUT2D eigenvalue weighted by molar-refractivity contribution is 5.93. The number of rotatable bonds is 8. The van der Waals surface area contributed by atoms with E-state index >= 15 is 0 Å². The van der Waals surface area contributed by atoms with Gasteiger partial charge in [-0.2, -0.15) is 13.2 Å². The van der Waals surface area contributed by atoms with Crippen LogP contribution in [-0.4, -0.2) is 31.4 Å². The SMILES string of the molecule is O=C(OCc1ccccc1)c1cnc(NC(=O)[C@H](CC2CCCC2)n2cnc(C(F)(F)F)c2)cn1. The standard InChI is InChI=1S/C24H24F3N5O3/c25-24(26,27)20-13-32(15-30-20)19(10-16-6-4-5-7-16)22(33)31-21-12-28-18(11-29-21)23(34)35-14-17-8-2-1-3-9-17/h1-3,8-9,11-13,15-16,19H,4-7,10,14H2,(H,29,31,33)/t19-/m0/s1. The molecule has 0 bridgehead atoms. The maximum absolute atomic E-state index is 13.0. The van der Waals surface area contributed by atoms with Crippen molar-refractivity contribution in [1.82, 2.24) is 19.5 Å². The first-order valence-corrected chi connectivity index (χ1v) is 11.2. The molecule has 2 heterocycles. The van der Waals surface area contributed by atoms with Gasteiger partial charge in [-0.1, -0.05) is 56.0 Å². The zero-order valence-corrected chi connectivity index (χ0v) is 18.7. The summed E-state index contributed by atoms with van der Waals surface area (Å²) in [5.74, 6) is -0.898. The summed E-state index contributed by atoms with van der Waals surface area (Å²) in [4.78, 5) is 36.7. The summed E-state index contributed by atoms with van der Waals surface area (Å²) >= 11 is 0. The van der Waals surface area contributed by atoms with Crippen LogP contribution in [0.4, 0.5) is 19.0 Å². The smallest absolute Gasteiger partial charge is 0.434 e. The van der Waals surface area contributed by atoms with Gasteiger partial charge in [-0.3, -0.25) is 4.79 Å². The molecule has 184 valence electrons. The number of hydrogen-bond acceptors (Lipinski definition) is 6. The molecule has 4 rings (SSSR count). The molecule has 1 aromatic carbocycles. The number of carbonyl (C=O) groups is 2. The molecule has 11 heteroatoms. The average Bonchev–Trinajstić information content (AvgIpc) is 3.54.